The molecule has 0 bridgehead atoms. The highest BCUT2D eigenvalue weighted by atomic mass is 19.3. The molecular formula is C18H21F2N3O2. The number of hydrogen-bond donors (Lipinski definition) is 1. The summed E-state index contributed by atoms with van der Waals surface area (Å²) in [6.45, 7) is 0.328. The zero-order valence-corrected chi connectivity index (χ0v) is 14.0. The standard InChI is InChI=1S/C18H21F2N3O2/c1-3-4-9-18(22-23-18)10-11-21-16(24)12-15(17(19)20)13-5-7-14(25-2)8-6-13/h1,5-8,15,17H,4,9-12H2,2H3,(H,21,24). The molecule has 1 aliphatic rings. The average Bonchev–Trinajstić information content (AvgIpc) is 3.38. The Morgan fingerprint density at radius 3 is 2.52 bits per heavy atom. The number of ether oxygens (including phenoxy) is 1. The lowest BCUT2D eigenvalue weighted by molar-refractivity contribution is -0.122. The van der Waals surface area contributed by atoms with Crippen LogP contribution in [0.25, 0.3) is 0 Å². The van der Waals surface area contributed by atoms with Gasteiger partial charge >= 0.3 is 0 Å². The molecule has 0 fully saturated rings. The molecule has 0 aliphatic carbocycles. The fraction of sp³-hybridized carbons (Fsp3) is 0.500. The van der Waals surface area contributed by atoms with E-state index in [0.29, 0.717) is 37.1 Å². The van der Waals surface area contributed by atoms with E-state index in [2.05, 4.69) is 21.5 Å². The summed E-state index contributed by atoms with van der Waals surface area (Å²) < 4.78 is 31.7. The highest BCUT2D eigenvalue weighted by Crippen LogP contribution is 2.36. The van der Waals surface area contributed by atoms with Crippen LogP contribution in [-0.2, 0) is 4.79 Å². The molecule has 1 atom stereocenters. The van der Waals surface area contributed by atoms with Crippen molar-refractivity contribution < 1.29 is 18.3 Å². The molecule has 7 heteroatoms. The van der Waals surface area contributed by atoms with E-state index in [1.54, 1.807) is 24.3 Å². The molecule has 1 aliphatic heterocycles. The number of nitrogens with one attached hydrogen (secondary N) is 1. The summed E-state index contributed by atoms with van der Waals surface area (Å²) in [7, 11) is 1.50. The largest absolute Gasteiger partial charge is 0.497 e. The lowest BCUT2D eigenvalue weighted by Gasteiger charge is -2.17. The first-order valence-electron chi connectivity index (χ1n) is 8.06. The third kappa shape index (κ3) is 5.52. The fourth-order valence-corrected chi connectivity index (χ4v) is 2.55. The Bertz CT molecular complexity index is 647. The van der Waals surface area contributed by atoms with Gasteiger partial charge in [0.05, 0.1) is 13.0 Å². The van der Waals surface area contributed by atoms with Crippen LogP contribution in [0.4, 0.5) is 8.78 Å². The van der Waals surface area contributed by atoms with Crippen LogP contribution in [0.1, 0.15) is 37.2 Å². The minimum atomic E-state index is -2.63. The van der Waals surface area contributed by atoms with Crippen LogP contribution in [0.15, 0.2) is 34.5 Å². The smallest absolute Gasteiger partial charge is 0.245 e. The van der Waals surface area contributed by atoms with Crippen LogP contribution in [0.2, 0.25) is 0 Å². The van der Waals surface area contributed by atoms with Crippen molar-refractivity contribution in [1.29, 1.82) is 0 Å². The number of carbonyl (C=O) groups is 1. The van der Waals surface area contributed by atoms with Crippen molar-refractivity contribution in [2.75, 3.05) is 13.7 Å². The van der Waals surface area contributed by atoms with E-state index in [1.807, 2.05) is 0 Å². The quantitative estimate of drug-likeness (QED) is 0.657. The molecule has 134 valence electrons. The first-order chi connectivity index (χ1) is 12.0. The van der Waals surface area contributed by atoms with Gasteiger partial charge in [0.2, 0.25) is 12.3 Å². The molecule has 0 radical (unpaired) electrons. The Morgan fingerprint density at radius 2 is 2.00 bits per heavy atom. The number of carbonyl (C=O) groups excluding carboxylic acids is 1. The highest BCUT2D eigenvalue weighted by Gasteiger charge is 2.38. The van der Waals surface area contributed by atoms with E-state index in [4.69, 9.17) is 11.2 Å². The van der Waals surface area contributed by atoms with Gasteiger partial charge < -0.3 is 10.1 Å². The van der Waals surface area contributed by atoms with Crippen LogP contribution in [0, 0.1) is 12.3 Å². The molecule has 0 saturated heterocycles. The third-order valence-corrected chi connectivity index (χ3v) is 4.15. The average molecular weight is 349 g/mol. The van der Waals surface area contributed by atoms with Crippen molar-refractivity contribution >= 4 is 5.91 Å². The summed E-state index contributed by atoms with van der Waals surface area (Å²) in [4.78, 5) is 12.0. The zero-order valence-electron chi connectivity index (χ0n) is 14.0. The molecule has 1 heterocycles. The highest BCUT2D eigenvalue weighted by molar-refractivity contribution is 5.77. The van der Waals surface area contributed by atoms with Crippen LogP contribution < -0.4 is 10.1 Å². The maximum Gasteiger partial charge on any atom is 0.245 e. The Kier molecular flexibility index (Phi) is 6.45. The second-order valence-electron chi connectivity index (χ2n) is 5.90. The molecule has 1 N–H and O–H groups in total. The Morgan fingerprint density at radius 1 is 1.32 bits per heavy atom. The summed E-state index contributed by atoms with van der Waals surface area (Å²) >= 11 is 0. The fourth-order valence-electron chi connectivity index (χ4n) is 2.55. The Labute approximate surface area is 145 Å². The van der Waals surface area contributed by atoms with Crippen molar-refractivity contribution in [3.63, 3.8) is 0 Å². The molecule has 1 amide bonds. The number of terminal acetylenes is 1. The minimum absolute atomic E-state index is 0.282. The molecule has 2 rings (SSSR count). The van der Waals surface area contributed by atoms with Gasteiger partial charge in [-0.1, -0.05) is 12.1 Å². The number of nitrogens with zero attached hydrogens (tertiary/aromatic N) is 2. The van der Waals surface area contributed by atoms with Gasteiger partial charge in [0.25, 0.3) is 0 Å². The monoisotopic (exact) mass is 349 g/mol. The van der Waals surface area contributed by atoms with Gasteiger partial charge in [-0.25, -0.2) is 8.78 Å². The number of hydrogen-bond acceptors (Lipinski definition) is 4. The summed E-state index contributed by atoms with van der Waals surface area (Å²) in [6.07, 6.45) is 4.04. The lowest BCUT2D eigenvalue weighted by atomic mass is 9.95. The number of methoxy groups -OCH3 is 1. The van der Waals surface area contributed by atoms with Crippen molar-refractivity contribution in [2.24, 2.45) is 10.2 Å². The second kappa shape index (κ2) is 8.56. The molecule has 0 saturated carbocycles. The molecule has 25 heavy (non-hydrogen) atoms. The number of halogens is 2. The summed E-state index contributed by atoms with van der Waals surface area (Å²) in [5.74, 6) is 1.53. The third-order valence-electron chi connectivity index (χ3n) is 4.15. The van der Waals surface area contributed by atoms with E-state index in [9.17, 15) is 13.6 Å². The normalized spacial score (nSPS) is 15.5. The van der Waals surface area contributed by atoms with Crippen molar-refractivity contribution in [3.8, 4) is 18.1 Å². The molecule has 5 nitrogen and oxygen atoms in total. The van der Waals surface area contributed by atoms with Gasteiger partial charge in [-0.05, 0) is 17.7 Å². The molecule has 1 aromatic rings. The summed E-state index contributed by atoms with van der Waals surface area (Å²) in [6, 6.07) is 6.32. The summed E-state index contributed by atoms with van der Waals surface area (Å²) in [5.41, 5.74) is -0.0822. The maximum atomic E-state index is 13.3. The van der Waals surface area contributed by atoms with Crippen molar-refractivity contribution in [3.05, 3.63) is 29.8 Å². The van der Waals surface area contributed by atoms with Gasteiger partial charge in [-0.2, -0.15) is 10.2 Å². The number of alkyl halides is 2. The van der Waals surface area contributed by atoms with E-state index in [-0.39, 0.29) is 6.42 Å². The first-order valence-corrected chi connectivity index (χ1v) is 8.06. The van der Waals surface area contributed by atoms with Gasteiger partial charge in [0.15, 0.2) is 5.66 Å². The lowest BCUT2D eigenvalue weighted by Crippen LogP contribution is -2.30. The molecule has 0 aromatic heterocycles. The van der Waals surface area contributed by atoms with E-state index < -0.39 is 23.9 Å². The predicted octanol–water partition coefficient (Wildman–Crippen LogP) is 3.52. The molecule has 0 spiro atoms. The molecule has 1 aromatic carbocycles. The van der Waals surface area contributed by atoms with Gasteiger partial charge in [-0.15, -0.1) is 12.3 Å². The number of rotatable bonds is 10. The Balaban J connectivity index is 1.83. The van der Waals surface area contributed by atoms with Crippen LogP contribution in [-0.4, -0.2) is 31.7 Å². The topological polar surface area (TPSA) is 63.0 Å². The minimum Gasteiger partial charge on any atom is -0.497 e. The Hall–Kier alpha value is -2.49. The van der Waals surface area contributed by atoms with Gasteiger partial charge in [0, 0.05) is 32.2 Å². The van der Waals surface area contributed by atoms with E-state index in [1.165, 1.54) is 7.11 Å². The van der Waals surface area contributed by atoms with Crippen LogP contribution in [0.5, 0.6) is 5.75 Å². The van der Waals surface area contributed by atoms with Gasteiger partial charge in [0.1, 0.15) is 5.75 Å². The molecule has 1 unspecified atom stereocenters. The number of benzene rings is 1. The number of amides is 1. The maximum absolute atomic E-state index is 13.3. The van der Waals surface area contributed by atoms with Gasteiger partial charge in [-0.3, -0.25) is 4.79 Å². The van der Waals surface area contributed by atoms with E-state index >= 15 is 0 Å². The first kappa shape index (κ1) is 18.8. The SMILES string of the molecule is C#CCCC1(CCNC(=O)CC(c2ccc(OC)cc2)C(F)F)N=N1. The van der Waals surface area contributed by atoms with Crippen LogP contribution >= 0.6 is 0 Å². The van der Waals surface area contributed by atoms with E-state index in [0.717, 1.165) is 0 Å². The van der Waals surface area contributed by atoms with Crippen molar-refractivity contribution in [2.45, 2.75) is 43.7 Å². The van der Waals surface area contributed by atoms with Crippen LogP contribution in [0.3, 0.4) is 0 Å². The summed E-state index contributed by atoms with van der Waals surface area (Å²) in [5, 5.41) is 10.6. The second-order valence-corrected chi connectivity index (χ2v) is 5.90. The van der Waals surface area contributed by atoms with Crippen molar-refractivity contribution in [1.82, 2.24) is 5.32 Å². The molecular weight excluding hydrogens is 328 g/mol. The predicted molar refractivity (Wildman–Crippen MR) is 89.6 cm³/mol. The zero-order chi connectivity index (χ0) is 18.3.